The molecule has 35 heavy (non-hydrogen) atoms. The third-order valence-corrected chi connectivity index (χ3v) is 7.77. The normalized spacial score (nSPS) is 22.2. The number of benzene rings is 3. The molecule has 0 aliphatic carbocycles. The lowest BCUT2D eigenvalue weighted by Crippen LogP contribution is -2.42. The van der Waals surface area contributed by atoms with Crippen LogP contribution in [0.3, 0.4) is 0 Å². The summed E-state index contributed by atoms with van der Waals surface area (Å²) in [5.41, 5.74) is 2.65. The van der Waals surface area contributed by atoms with Gasteiger partial charge in [-0.05, 0) is 34.7 Å². The molecule has 6 heteroatoms. The Morgan fingerprint density at radius 3 is 2.26 bits per heavy atom. The second kappa shape index (κ2) is 9.31. The molecule has 3 aromatic carbocycles. The van der Waals surface area contributed by atoms with Crippen molar-refractivity contribution in [2.45, 2.75) is 30.6 Å². The summed E-state index contributed by atoms with van der Waals surface area (Å²) in [5.74, 6) is -0.518. The van der Waals surface area contributed by atoms with Crippen LogP contribution < -0.4 is 0 Å². The average Bonchev–Trinajstić information content (AvgIpc) is 3.45. The molecule has 2 atom stereocenters. The second-order valence-electron chi connectivity index (χ2n) is 9.48. The van der Waals surface area contributed by atoms with Crippen molar-refractivity contribution < 1.29 is 14.4 Å². The largest absolute Gasteiger partial charge is 0.342 e. The van der Waals surface area contributed by atoms with Gasteiger partial charge in [0.2, 0.25) is 17.7 Å². The van der Waals surface area contributed by atoms with E-state index >= 15 is 0 Å². The van der Waals surface area contributed by atoms with Gasteiger partial charge in [0.05, 0.1) is 5.41 Å². The fourth-order valence-corrected chi connectivity index (χ4v) is 5.67. The van der Waals surface area contributed by atoms with Crippen LogP contribution in [0.25, 0.3) is 11.1 Å². The fourth-order valence-electron chi connectivity index (χ4n) is 5.38. The number of carbonyl (C=O) groups is 3. The molecule has 3 aromatic rings. The zero-order valence-corrected chi connectivity index (χ0v) is 20.4. The lowest BCUT2D eigenvalue weighted by Gasteiger charge is -2.29. The van der Waals surface area contributed by atoms with E-state index < -0.39 is 5.41 Å². The van der Waals surface area contributed by atoms with E-state index in [1.54, 1.807) is 0 Å². The summed E-state index contributed by atoms with van der Waals surface area (Å²) in [7, 11) is 1.50. The molecule has 0 radical (unpaired) electrons. The van der Waals surface area contributed by atoms with Crippen LogP contribution in [-0.4, -0.2) is 47.7 Å². The van der Waals surface area contributed by atoms with Gasteiger partial charge in [-0.25, -0.2) is 0 Å². The summed E-state index contributed by atoms with van der Waals surface area (Å²) in [6.45, 7) is 1.17. The van der Waals surface area contributed by atoms with Crippen LogP contribution in [-0.2, 0) is 19.8 Å². The van der Waals surface area contributed by atoms with Gasteiger partial charge < -0.3 is 4.90 Å². The second-order valence-corrected chi connectivity index (χ2v) is 9.89. The van der Waals surface area contributed by atoms with E-state index in [-0.39, 0.29) is 36.5 Å². The fraction of sp³-hybridized carbons (Fsp3) is 0.276. The predicted octanol–water partition coefficient (Wildman–Crippen LogP) is 5.04. The topological polar surface area (TPSA) is 57.7 Å². The van der Waals surface area contributed by atoms with Crippen LogP contribution in [0.1, 0.15) is 36.3 Å². The highest BCUT2D eigenvalue weighted by Gasteiger charge is 2.53. The number of likely N-dealkylation sites (N-methyl/N-ethyl adjacent to an activating group) is 1. The van der Waals surface area contributed by atoms with Crippen LogP contribution in [0.15, 0.2) is 78.9 Å². The maximum absolute atomic E-state index is 13.5. The number of halogens is 1. The molecule has 3 amide bonds. The number of likely N-dealkylation sites (tertiary alicyclic amines) is 2. The van der Waals surface area contributed by atoms with Crippen molar-refractivity contribution in [1.82, 2.24) is 9.80 Å². The van der Waals surface area contributed by atoms with Crippen LogP contribution in [0, 0.1) is 0 Å². The summed E-state index contributed by atoms with van der Waals surface area (Å²) in [6, 6.07) is 25.4. The number of imide groups is 1. The Morgan fingerprint density at radius 1 is 0.943 bits per heavy atom. The summed E-state index contributed by atoms with van der Waals surface area (Å²) < 4.78 is 0. The van der Waals surface area contributed by atoms with Gasteiger partial charge >= 0.3 is 0 Å². The van der Waals surface area contributed by atoms with Crippen molar-refractivity contribution in [3.05, 3.63) is 95.0 Å². The minimum Gasteiger partial charge on any atom is -0.342 e. The number of carbonyl (C=O) groups excluding carboxylic acids is 3. The van der Waals surface area contributed by atoms with Crippen molar-refractivity contribution in [1.29, 1.82) is 0 Å². The maximum Gasteiger partial charge on any atom is 0.240 e. The minimum atomic E-state index is -1.18. The Labute approximate surface area is 210 Å². The molecule has 178 valence electrons. The monoisotopic (exact) mass is 486 g/mol. The van der Waals surface area contributed by atoms with Crippen LogP contribution in [0.4, 0.5) is 0 Å². The first-order chi connectivity index (χ1) is 16.9. The molecule has 2 fully saturated rings. The number of hydrogen-bond donors (Lipinski definition) is 0. The van der Waals surface area contributed by atoms with Crippen molar-refractivity contribution >= 4 is 29.3 Å². The van der Waals surface area contributed by atoms with Gasteiger partial charge in [-0.15, -0.1) is 0 Å². The lowest BCUT2D eigenvalue weighted by molar-refractivity contribution is -0.141. The highest BCUT2D eigenvalue weighted by atomic mass is 35.5. The SMILES string of the molecule is CN1C(=O)CC(CC(=O)N2CCC(c3ccccc3Cl)C2)(c2ccc(-c3ccccc3)cc2)C1=O. The van der Waals surface area contributed by atoms with E-state index in [4.69, 9.17) is 11.6 Å². The molecule has 0 N–H and O–H groups in total. The molecule has 2 aliphatic rings. The van der Waals surface area contributed by atoms with Gasteiger partial charge in [0.25, 0.3) is 0 Å². The van der Waals surface area contributed by atoms with Crippen molar-refractivity contribution in [2.24, 2.45) is 0 Å². The number of rotatable bonds is 5. The van der Waals surface area contributed by atoms with Gasteiger partial charge in [-0.3, -0.25) is 19.3 Å². The summed E-state index contributed by atoms with van der Waals surface area (Å²) >= 11 is 6.39. The zero-order chi connectivity index (χ0) is 24.6. The summed E-state index contributed by atoms with van der Waals surface area (Å²) in [6.07, 6.45) is 0.795. The molecule has 2 heterocycles. The molecule has 2 unspecified atom stereocenters. The van der Waals surface area contributed by atoms with E-state index in [2.05, 4.69) is 0 Å². The standard InChI is InChI=1S/C29H27ClN2O3/c1-31-26(33)17-29(28(31)35,23-13-11-21(12-14-23)20-7-3-2-4-8-20)18-27(34)32-16-15-22(19-32)24-9-5-6-10-25(24)30/h2-14,22H,15-19H2,1H3. The molecule has 0 saturated carbocycles. The number of nitrogens with zero attached hydrogens (tertiary/aromatic N) is 2. The maximum atomic E-state index is 13.5. The van der Waals surface area contributed by atoms with Gasteiger partial charge in [-0.1, -0.05) is 84.4 Å². The first-order valence-corrected chi connectivity index (χ1v) is 12.3. The molecular weight excluding hydrogens is 460 g/mol. The van der Waals surface area contributed by atoms with E-state index in [1.807, 2.05) is 83.8 Å². The smallest absolute Gasteiger partial charge is 0.240 e. The molecule has 5 nitrogen and oxygen atoms in total. The molecule has 0 bridgehead atoms. The lowest BCUT2D eigenvalue weighted by atomic mass is 9.75. The number of hydrogen-bond acceptors (Lipinski definition) is 3. The van der Waals surface area contributed by atoms with Gasteiger partial charge in [0.15, 0.2) is 0 Å². The van der Waals surface area contributed by atoms with Gasteiger partial charge in [0, 0.05) is 43.9 Å². The Hall–Kier alpha value is -3.44. The highest BCUT2D eigenvalue weighted by molar-refractivity contribution is 6.31. The highest BCUT2D eigenvalue weighted by Crippen LogP contribution is 2.41. The van der Waals surface area contributed by atoms with Crippen LogP contribution in [0.2, 0.25) is 5.02 Å². The molecule has 2 saturated heterocycles. The van der Waals surface area contributed by atoms with Gasteiger partial charge in [-0.2, -0.15) is 0 Å². The Balaban J connectivity index is 1.40. The zero-order valence-electron chi connectivity index (χ0n) is 19.6. The van der Waals surface area contributed by atoms with Gasteiger partial charge in [0.1, 0.15) is 0 Å². The van der Waals surface area contributed by atoms with Crippen LogP contribution in [0.5, 0.6) is 0 Å². The minimum absolute atomic E-state index is 0.000535. The average molecular weight is 487 g/mol. The van der Waals surface area contributed by atoms with Crippen molar-refractivity contribution in [2.75, 3.05) is 20.1 Å². The van der Waals surface area contributed by atoms with Crippen LogP contribution >= 0.6 is 11.6 Å². The third kappa shape index (κ3) is 4.25. The molecule has 0 spiro atoms. The van der Waals surface area contributed by atoms with E-state index in [0.717, 1.165) is 28.0 Å². The molecule has 2 aliphatic heterocycles. The van der Waals surface area contributed by atoms with Crippen molar-refractivity contribution in [3.8, 4) is 11.1 Å². The first kappa shape index (κ1) is 23.3. The summed E-state index contributed by atoms with van der Waals surface area (Å²) in [4.78, 5) is 42.5. The molecule has 5 rings (SSSR count). The number of amides is 3. The van der Waals surface area contributed by atoms with Crippen molar-refractivity contribution in [3.63, 3.8) is 0 Å². The Bertz CT molecular complexity index is 1270. The predicted molar refractivity (Wildman–Crippen MR) is 136 cm³/mol. The Morgan fingerprint density at radius 2 is 1.60 bits per heavy atom. The van der Waals surface area contributed by atoms with E-state index in [1.165, 1.54) is 7.05 Å². The molecular formula is C29H27ClN2O3. The Kier molecular flexibility index (Phi) is 6.20. The first-order valence-electron chi connectivity index (χ1n) is 11.9. The quantitative estimate of drug-likeness (QED) is 0.475. The van der Waals surface area contributed by atoms with E-state index in [9.17, 15) is 14.4 Å². The third-order valence-electron chi connectivity index (χ3n) is 7.42. The van der Waals surface area contributed by atoms with E-state index in [0.29, 0.717) is 23.7 Å². The summed E-state index contributed by atoms with van der Waals surface area (Å²) in [5, 5.41) is 0.708. The molecule has 0 aromatic heterocycles.